The highest BCUT2D eigenvalue weighted by Gasteiger charge is 2.41. The van der Waals surface area contributed by atoms with Crippen molar-refractivity contribution in [3.63, 3.8) is 0 Å². The number of benzene rings is 1. The van der Waals surface area contributed by atoms with Gasteiger partial charge in [0.15, 0.2) is 0 Å². The third kappa shape index (κ3) is 3.26. The number of hydrogen-bond acceptors (Lipinski definition) is 2. The van der Waals surface area contributed by atoms with E-state index in [1.54, 1.807) is 6.07 Å². The van der Waals surface area contributed by atoms with Crippen LogP contribution in [-0.2, 0) is 0 Å². The molecule has 0 aromatic heterocycles. The minimum Gasteiger partial charge on any atom is -0.507 e. The number of phenolic OH excluding ortho intramolecular Hbond substituents is 1. The predicted molar refractivity (Wildman–Crippen MR) is 70.5 cm³/mol. The molecule has 110 valence electrons. The van der Waals surface area contributed by atoms with Gasteiger partial charge in [0, 0.05) is 17.6 Å². The van der Waals surface area contributed by atoms with Gasteiger partial charge < -0.3 is 10.0 Å². The van der Waals surface area contributed by atoms with Crippen LogP contribution in [0.1, 0.15) is 23.2 Å². The number of aromatic hydroxyl groups is 1. The summed E-state index contributed by atoms with van der Waals surface area (Å²) in [4.78, 5) is 13.5. The van der Waals surface area contributed by atoms with E-state index in [-0.39, 0.29) is 37.2 Å². The number of amides is 1. The fraction of sp³-hybridized carbons (Fsp3) is 0.462. The summed E-state index contributed by atoms with van der Waals surface area (Å²) < 4.78 is 38.3. The van der Waals surface area contributed by atoms with Gasteiger partial charge in [0.05, 0.1) is 11.5 Å². The molecule has 0 spiro atoms. The van der Waals surface area contributed by atoms with Crippen molar-refractivity contribution in [2.24, 2.45) is 5.92 Å². The van der Waals surface area contributed by atoms with Gasteiger partial charge in [-0.3, -0.25) is 4.79 Å². The quantitative estimate of drug-likeness (QED) is 0.840. The van der Waals surface area contributed by atoms with Crippen LogP contribution in [0, 0.1) is 5.92 Å². The van der Waals surface area contributed by atoms with E-state index >= 15 is 0 Å². The molecule has 0 atom stereocenters. The van der Waals surface area contributed by atoms with E-state index in [0.717, 1.165) is 0 Å². The lowest BCUT2D eigenvalue weighted by Crippen LogP contribution is -2.42. The number of phenols is 1. The summed E-state index contributed by atoms with van der Waals surface area (Å²) in [6.45, 7) is 0.108. The summed E-state index contributed by atoms with van der Waals surface area (Å²) in [5, 5.41) is 9.72. The number of piperidine rings is 1. The Morgan fingerprint density at radius 2 is 1.90 bits per heavy atom. The molecule has 1 fully saturated rings. The number of rotatable bonds is 1. The summed E-state index contributed by atoms with van der Waals surface area (Å²) in [5.74, 6) is -1.96. The Kier molecular flexibility index (Phi) is 4.27. The molecule has 1 saturated heterocycles. The molecule has 7 heteroatoms. The molecule has 1 N–H and O–H groups in total. The van der Waals surface area contributed by atoms with Crippen LogP contribution in [0.2, 0.25) is 0 Å². The number of nitrogens with zero attached hydrogens (tertiary/aromatic N) is 1. The van der Waals surface area contributed by atoms with Crippen molar-refractivity contribution in [2.45, 2.75) is 19.0 Å². The molecule has 0 radical (unpaired) electrons. The minimum atomic E-state index is -4.20. The van der Waals surface area contributed by atoms with Crippen molar-refractivity contribution in [3.8, 4) is 5.75 Å². The second-order valence-electron chi connectivity index (χ2n) is 4.77. The SMILES string of the molecule is O=C(c1ccc(Br)cc1O)N1CCC(C(F)(F)F)CC1. The average Bonchev–Trinajstić information content (AvgIpc) is 2.37. The van der Waals surface area contributed by atoms with Crippen LogP contribution in [0.15, 0.2) is 22.7 Å². The molecular weight excluding hydrogens is 339 g/mol. The van der Waals surface area contributed by atoms with Crippen LogP contribution in [0.5, 0.6) is 5.75 Å². The van der Waals surface area contributed by atoms with Crippen molar-refractivity contribution < 1.29 is 23.1 Å². The third-order valence-corrected chi connectivity index (χ3v) is 3.93. The smallest absolute Gasteiger partial charge is 0.391 e. The van der Waals surface area contributed by atoms with Crippen LogP contribution in [0.25, 0.3) is 0 Å². The lowest BCUT2D eigenvalue weighted by Gasteiger charge is -2.33. The van der Waals surface area contributed by atoms with Crippen molar-refractivity contribution >= 4 is 21.8 Å². The Balaban J connectivity index is 2.05. The summed E-state index contributed by atoms with van der Waals surface area (Å²) in [6, 6.07) is 4.45. The van der Waals surface area contributed by atoms with Gasteiger partial charge in [0.25, 0.3) is 5.91 Å². The molecule has 1 aromatic carbocycles. The lowest BCUT2D eigenvalue weighted by atomic mass is 9.96. The first-order chi connectivity index (χ1) is 9.29. The van der Waals surface area contributed by atoms with Gasteiger partial charge in [0.1, 0.15) is 5.75 Å². The zero-order chi connectivity index (χ0) is 14.9. The Bertz CT molecular complexity index is 511. The molecule has 1 aliphatic rings. The van der Waals surface area contributed by atoms with Gasteiger partial charge in [-0.15, -0.1) is 0 Å². The predicted octanol–water partition coefficient (Wildman–Crippen LogP) is 3.57. The molecule has 3 nitrogen and oxygen atoms in total. The van der Waals surface area contributed by atoms with Crippen LogP contribution >= 0.6 is 15.9 Å². The van der Waals surface area contributed by atoms with E-state index in [0.29, 0.717) is 4.47 Å². The molecule has 2 rings (SSSR count). The normalized spacial score (nSPS) is 17.3. The maximum absolute atomic E-state index is 12.6. The zero-order valence-corrected chi connectivity index (χ0v) is 12.0. The average molecular weight is 352 g/mol. The number of halogens is 4. The van der Waals surface area contributed by atoms with Crippen molar-refractivity contribution in [1.29, 1.82) is 0 Å². The van der Waals surface area contributed by atoms with Gasteiger partial charge in [-0.1, -0.05) is 15.9 Å². The first-order valence-electron chi connectivity index (χ1n) is 6.13. The minimum absolute atomic E-state index is 0.0541. The second kappa shape index (κ2) is 5.63. The number of likely N-dealkylation sites (tertiary alicyclic amines) is 1. The molecule has 0 aliphatic carbocycles. The standard InChI is InChI=1S/C13H13BrF3NO2/c14-9-1-2-10(11(19)7-9)12(20)18-5-3-8(4-6-18)13(15,16)17/h1-2,7-8,19H,3-6H2. The topological polar surface area (TPSA) is 40.5 Å². The zero-order valence-electron chi connectivity index (χ0n) is 10.5. The summed E-state index contributed by atoms with van der Waals surface area (Å²) in [5.41, 5.74) is 0.110. The van der Waals surface area contributed by atoms with Crippen LogP contribution < -0.4 is 0 Å². The van der Waals surface area contributed by atoms with E-state index in [4.69, 9.17) is 0 Å². The van der Waals surface area contributed by atoms with E-state index in [1.165, 1.54) is 17.0 Å². The van der Waals surface area contributed by atoms with Crippen molar-refractivity contribution in [1.82, 2.24) is 4.90 Å². The first-order valence-corrected chi connectivity index (χ1v) is 6.93. The fourth-order valence-corrected chi connectivity index (χ4v) is 2.61. The van der Waals surface area contributed by atoms with Gasteiger partial charge in [-0.25, -0.2) is 0 Å². The molecule has 1 aromatic rings. The summed E-state index contributed by atoms with van der Waals surface area (Å²) >= 11 is 3.16. The number of alkyl halides is 3. The molecule has 0 unspecified atom stereocenters. The van der Waals surface area contributed by atoms with Crippen molar-refractivity contribution in [3.05, 3.63) is 28.2 Å². The second-order valence-corrected chi connectivity index (χ2v) is 5.69. The van der Waals surface area contributed by atoms with Crippen molar-refractivity contribution in [2.75, 3.05) is 13.1 Å². The monoisotopic (exact) mass is 351 g/mol. The van der Waals surface area contributed by atoms with E-state index in [9.17, 15) is 23.1 Å². The van der Waals surface area contributed by atoms with Crippen LogP contribution in [0.3, 0.4) is 0 Å². The first kappa shape index (κ1) is 15.2. The highest BCUT2D eigenvalue weighted by atomic mass is 79.9. The maximum atomic E-state index is 12.6. The van der Waals surface area contributed by atoms with E-state index < -0.39 is 18.0 Å². The lowest BCUT2D eigenvalue weighted by molar-refractivity contribution is -0.183. The van der Waals surface area contributed by atoms with Gasteiger partial charge in [0.2, 0.25) is 0 Å². The maximum Gasteiger partial charge on any atom is 0.391 e. The van der Waals surface area contributed by atoms with E-state index in [1.807, 2.05) is 0 Å². The Labute approximate surface area is 122 Å². The molecule has 20 heavy (non-hydrogen) atoms. The Hall–Kier alpha value is -1.24. The Morgan fingerprint density at radius 1 is 1.30 bits per heavy atom. The third-order valence-electron chi connectivity index (χ3n) is 3.44. The van der Waals surface area contributed by atoms with Gasteiger partial charge in [-0.05, 0) is 31.0 Å². The fourth-order valence-electron chi connectivity index (χ4n) is 2.27. The number of carbonyl (C=O) groups is 1. The molecule has 0 bridgehead atoms. The van der Waals surface area contributed by atoms with Crippen LogP contribution in [0.4, 0.5) is 13.2 Å². The van der Waals surface area contributed by atoms with Crippen LogP contribution in [-0.4, -0.2) is 35.2 Å². The number of hydrogen-bond donors (Lipinski definition) is 1. The molecular formula is C13H13BrF3NO2. The summed E-state index contributed by atoms with van der Waals surface area (Å²) in [6.07, 6.45) is -4.38. The Morgan fingerprint density at radius 3 is 2.40 bits per heavy atom. The highest BCUT2D eigenvalue weighted by Crippen LogP contribution is 2.35. The molecule has 1 amide bonds. The largest absolute Gasteiger partial charge is 0.507 e. The summed E-state index contributed by atoms with van der Waals surface area (Å²) in [7, 11) is 0. The number of carbonyl (C=O) groups excluding carboxylic acids is 1. The van der Waals surface area contributed by atoms with Gasteiger partial charge >= 0.3 is 6.18 Å². The van der Waals surface area contributed by atoms with E-state index in [2.05, 4.69) is 15.9 Å². The molecule has 1 aliphatic heterocycles. The highest BCUT2D eigenvalue weighted by molar-refractivity contribution is 9.10. The van der Waals surface area contributed by atoms with Gasteiger partial charge in [-0.2, -0.15) is 13.2 Å². The molecule has 1 heterocycles. The molecule has 0 saturated carbocycles.